The van der Waals surface area contributed by atoms with E-state index in [1.165, 1.54) is 5.56 Å². The summed E-state index contributed by atoms with van der Waals surface area (Å²) < 4.78 is 5.58. The lowest BCUT2D eigenvalue weighted by molar-refractivity contribution is -0.122. The van der Waals surface area contributed by atoms with E-state index >= 15 is 0 Å². The van der Waals surface area contributed by atoms with Gasteiger partial charge in [-0.15, -0.1) is 0 Å². The molecule has 102 valence electrons. The van der Waals surface area contributed by atoms with Gasteiger partial charge >= 0.3 is 0 Å². The number of pyridine rings is 1. The highest BCUT2D eigenvalue weighted by molar-refractivity contribution is 5.96. The van der Waals surface area contributed by atoms with Crippen molar-refractivity contribution in [2.75, 3.05) is 5.32 Å². The second kappa shape index (κ2) is 4.96. The van der Waals surface area contributed by atoms with Crippen LogP contribution in [-0.4, -0.2) is 17.0 Å². The first-order chi connectivity index (χ1) is 9.67. The van der Waals surface area contributed by atoms with Crippen molar-refractivity contribution >= 4 is 11.7 Å². The summed E-state index contributed by atoms with van der Waals surface area (Å²) in [7, 11) is 0. The van der Waals surface area contributed by atoms with E-state index < -0.39 is 6.10 Å². The van der Waals surface area contributed by atoms with Gasteiger partial charge in [-0.3, -0.25) is 4.79 Å². The fourth-order valence-electron chi connectivity index (χ4n) is 2.18. The Hall–Kier alpha value is -2.36. The number of aromatic nitrogens is 1. The number of nitrogens with one attached hydrogen (secondary N) is 1. The fourth-order valence-corrected chi connectivity index (χ4v) is 2.18. The Kier molecular flexibility index (Phi) is 3.14. The number of amides is 1. The topological polar surface area (TPSA) is 51.2 Å². The summed E-state index contributed by atoms with van der Waals surface area (Å²) in [5.74, 6) is 0.946. The Bertz CT molecular complexity index is 650. The van der Waals surface area contributed by atoms with Crippen LogP contribution in [0.4, 0.5) is 5.82 Å². The molecule has 1 unspecified atom stereocenters. The number of benzene rings is 1. The number of carbonyl (C=O) groups excluding carboxylic acids is 1. The molecule has 1 aliphatic heterocycles. The van der Waals surface area contributed by atoms with Gasteiger partial charge in [-0.2, -0.15) is 0 Å². The lowest BCUT2D eigenvalue weighted by Gasteiger charge is -2.22. The summed E-state index contributed by atoms with van der Waals surface area (Å²) in [5, 5.41) is 2.73. The Morgan fingerprint density at radius 3 is 2.70 bits per heavy atom. The van der Waals surface area contributed by atoms with Crippen LogP contribution in [0.2, 0.25) is 0 Å². The minimum absolute atomic E-state index is 0.162. The first-order valence-electron chi connectivity index (χ1n) is 6.74. The molecule has 0 aliphatic carbocycles. The number of rotatable bonds is 2. The van der Waals surface area contributed by atoms with Gasteiger partial charge in [0.1, 0.15) is 0 Å². The van der Waals surface area contributed by atoms with E-state index in [0.717, 1.165) is 17.5 Å². The van der Waals surface area contributed by atoms with Crippen LogP contribution in [0, 0.1) is 0 Å². The Balaban J connectivity index is 1.95. The van der Waals surface area contributed by atoms with Crippen LogP contribution in [0.15, 0.2) is 36.5 Å². The lowest BCUT2D eigenvalue weighted by Crippen LogP contribution is -2.34. The molecule has 0 bridgehead atoms. The summed E-state index contributed by atoms with van der Waals surface area (Å²) >= 11 is 0. The smallest absolute Gasteiger partial charge is 0.266 e. The molecule has 0 radical (unpaired) electrons. The lowest BCUT2D eigenvalue weighted by atomic mass is 10.0. The molecule has 2 aromatic rings. The molecule has 1 aliphatic rings. The zero-order valence-electron chi connectivity index (χ0n) is 11.5. The largest absolute Gasteiger partial charge is 0.477 e. The van der Waals surface area contributed by atoms with Crippen molar-refractivity contribution in [2.45, 2.75) is 26.4 Å². The van der Waals surface area contributed by atoms with Crippen molar-refractivity contribution in [1.82, 2.24) is 4.98 Å². The number of aryl methyl sites for hydroxylation is 1. The maximum absolute atomic E-state index is 11.5. The summed E-state index contributed by atoms with van der Waals surface area (Å²) in [6, 6.07) is 10.3. The number of ether oxygens (including phenoxy) is 1. The Morgan fingerprint density at radius 2 is 2.00 bits per heavy atom. The Labute approximate surface area is 117 Å². The van der Waals surface area contributed by atoms with Crippen LogP contribution in [0.1, 0.15) is 19.4 Å². The van der Waals surface area contributed by atoms with Gasteiger partial charge in [-0.1, -0.05) is 31.2 Å². The first kappa shape index (κ1) is 12.7. The van der Waals surface area contributed by atoms with Crippen molar-refractivity contribution in [2.24, 2.45) is 0 Å². The number of nitrogens with zero attached hydrogens (tertiary/aromatic N) is 1. The molecule has 1 aromatic heterocycles. The van der Waals surface area contributed by atoms with Crippen LogP contribution in [0.3, 0.4) is 0 Å². The summed E-state index contributed by atoms with van der Waals surface area (Å²) in [6.07, 6.45) is 2.29. The van der Waals surface area contributed by atoms with Crippen LogP contribution >= 0.6 is 0 Å². The second-order valence-electron chi connectivity index (χ2n) is 4.87. The molecule has 0 saturated carbocycles. The molecule has 3 rings (SSSR count). The van der Waals surface area contributed by atoms with Gasteiger partial charge in [-0.25, -0.2) is 4.98 Å². The molecule has 2 heterocycles. The molecule has 1 aromatic carbocycles. The molecule has 1 atom stereocenters. The van der Waals surface area contributed by atoms with E-state index in [2.05, 4.69) is 41.5 Å². The van der Waals surface area contributed by atoms with Crippen LogP contribution in [0.5, 0.6) is 5.75 Å². The summed E-state index contributed by atoms with van der Waals surface area (Å²) in [5.41, 5.74) is 3.37. The highest BCUT2D eigenvalue weighted by atomic mass is 16.5. The van der Waals surface area contributed by atoms with Gasteiger partial charge in [0.2, 0.25) is 0 Å². The van der Waals surface area contributed by atoms with Crippen LogP contribution in [-0.2, 0) is 11.2 Å². The minimum atomic E-state index is -0.484. The molecular formula is C16H16N2O2. The standard InChI is InChI=1S/C16H16N2O2/c1-3-11-4-6-12(7-5-11)13-8-14-15(17-9-13)18-16(19)10(2)20-14/h4-10H,3H2,1-2H3,(H,17,18,19). The normalized spacial score (nSPS) is 17.1. The van der Waals surface area contributed by atoms with Gasteiger partial charge in [-0.05, 0) is 30.5 Å². The van der Waals surface area contributed by atoms with Crippen molar-refractivity contribution < 1.29 is 9.53 Å². The van der Waals surface area contributed by atoms with Gasteiger partial charge in [0.15, 0.2) is 17.7 Å². The molecule has 0 spiro atoms. The van der Waals surface area contributed by atoms with E-state index in [9.17, 15) is 4.79 Å². The van der Waals surface area contributed by atoms with Gasteiger partial charge in [0, 0.05) is 11.8 Å². The summed E-state index contributed by atoms with van der Waals surface area (Å²) in [4.78, 5) is 15.8. The third-order valence-corrected chi connectivity index (χ3v) is 3.46. The van der Waals surface area contributed by atoms with Gasteiger partial charge in [0.25, 0.3) is 5.91 Å². The molecule has 0 fully saturated rings. The maximum atomic E-state index is 11.5. The van der Waals surface area contributed by atoms with E-state index in [1.54, 1.807) is 13.1 Å². The molecule has 1 N–H and O–H groups in total. The van der Waals surface area contributed by atoms with E-state index in [4.69, 9.17) is 4.74 Å². The van der Waals surface area contributed by atoms with Crippen molar-refractivity contribution in [1.29, 1.82) is 0 Å². The molecule has 1 amide bonds. The average molecular weight is 268 g/mol. The zero-order valence-corrected chi connectivity index (χ0v) is 11.5. The number of anilines is 1. The molecule has 20 heavy (non-hydrogen) atoms. The third kappa shape index (κ3) is 2.25. The summed E-state index contributed by atoms with van der Waals surface area (Å²) in [6.45, 7) is 3.86. The predicted octanol–water partition coefficient (Wildman–Crippen LogP) is 3.03. The number of fused-ring (bicyclic) bond motifs is 1. The number of hydrogen-bond donors (Lipinski definition) is 1. The first-order valence-corrected chi connectivity index (χ1v) is 6.74. The van der Waals surface area contributed by atoms with E-state index in [-0.39, 0.29) is 5.91 Å². The monoisotopic (exact) mass is 268 g/mol. The molecule has 4 nitrogen and oxygen atoms in total. The fraction of sp³-hybridized carbons (Fsp3) is 0.250. The van der Waals surface area contributed by atoms with Crippen molar-refractivity contribution in [3.63, 3.8) is 0 Å². The molecule has 0 saturated heterocycles. The van der Waals surface area contributed by atoms with E-state index in [1.807, 2.05) is 6.07 Å². The Morgan fingerprint density at radius 1 is 1.25 bits per heavy atom. The van der Waals surface area contributed by atoms with Gasteiger partial charge < -0.3 is 10.1 Å². The van der Waals surface area contributed by atoms with Crippen molar-refractivity contribution in [3.05, 3.63) is 42.1 Å². The minimum Gasteiger partial charge on any atom is -0.477 e. The zero-order chi connectivity index (χ0) is 14.1. The SMILES string of the molecule is CCc1ccc(-c2cnc3c(c2)OC(C)C(=O)N3)cc1. The number of hydrogen-bond acceptors (Lipinski definition) is 3. The van der Waals surface area contributed by atoms with Gasteiger partial charge in [0.05, 0.1) is 0 Å². The second-order valence-corrected chi connectivity index (χ2v) is 4.87. The molecular weight excluding hydrogens is 252 g/mol. The average Bonchev–Trinajstić information content (AvgIpc) is 2.48. The number of carbonyl (C=O) groups is 1. The third-order valence-electron chi connectivity index (χ3n) is 3.46. The highest BCUT2D eigenvalue weighted by Crippen LogP contribution is 2.32. The predicted molar refractivity (Wildman–Crippen MR) is 77.8 cm³/mol. The van der Waals surface area contributed by atoms with Crippen molar-refractivity contribution in [3.8, 4) is 16.9 Å². The van der Waals surface area contributed by atoms with Crippen LogP contribution < -0.4 is 10.1 Å². The highest BCUT2D eigenvalue weighted by Gasteiger charge is 2.24. The van der Waals surface area contributed by atoms with E-state index in [0.29, 0.717) is 11.6 Å². The maximum Gasteiger partial charge on any atom is 0.266 e. The quantitative estimate of drug-likeness (QED) is 0.910. The molecule has 4 heteroatoms. The van der Waals surface area contributed by atoms with Crippen LogP contribution in [0.25, 0.3) is 11.1 Å².